The first kappa shape index (κ1) is 16.7. The lowest BCUT2D eigenvalue weighted by Gasteiger charge is -2.23. The van der Waals surface area contributed by atoms with Crippen LogP contribution in [0.3, 0.4) is 0 Å². The average Bonchev–Trinajstić information content (AvgIpc) is 3.01. The molecule has 0 N–H and O–H groups in total. The average molecular weight is 345 g/mol. The molecule has 2 aromatic heterocycles. The summed E-state index contributed by atoms with van der Waals surface area (Å²) in [6.07, 6.45) is 5.37. The lowest BCUT2D eigenvalue weighted by Crippen LogP contribution is -2.34. The van der Waals surface area contributed by atoms with E-state index in [1.807, 2.05) is 6.20 Å². The van der Waals surface area contributed by atoms with Crippen LogP contribution in [0.1, 0.15) is 68.4 Å². The van der Waals surface area contributed by atoms with Crippen LogP contribution in [0.4, 0.5) is 0 Å². The summed E-state index contributed by atoms with van der Waals surface area (Å²) in [6, 6.07) is 0.500. The number of hydrogen-bond donors (Lipinski definition) is 0. The summed E-state index contributed by atoms with van der Waals surface area (Å²) in [4.78, 5) is 9.13. The van der Waals surface area contributed by atoms with Gasteiger partial charge in [-0.05, 0) is 26.3 Å². The van der Waals surface area contributed by atoms with E-state index >= 15 is 0 Å². The minimum Gasteiger partial charge on any atom is -0.444 e. The van der Waals surface area contributed by atoms with Crippen LogP contribution >= 0.6 is 0 Å². The van der Waals surface area contributed by atoms with Gasteiger partial charge in [0.15, 0.2) is 0 Å². The topological polar surface area (TPSA) is 71.4 Å². The lowest BCUT2D eigenvalue weighted by molar-refractivity contribution is 0.198. The van der Waals surface area contributed by atoms with Gasteiger partial charge in [-0.1, -0.05) is 13.8 Å². The van der Waals surface area contributed by atoms with Gasteiger partial charge < -0.3 is 8.83 Å². The van der Waals surface area contributed by atoms with Gasteiger partial charge in [0.1, 0.15) is 5.76 Å². The van der Waals surface area contributed by atoms with Gasteiger partial charge in [0.2, 0.25) is 17.7 Å². The zero-order valence-electron chi connectivity index (χ0n) is 15.3. The molecule has 0 aromatic carbocycles. The molecule has 0 spiro atoms. The van der Waals surface area contributed by atoms with Crippen LogP contribution in [0.2, 0.25) is 0 Å². The third-order valence-corrected chi connectivity index (χ3v) is 5.16. The van der Waals surface area contributed by atoms with Crippen LogP contribution in [0.15, 0.2) is 15.0 Å². The number of likely N-dealkylation sites (N-methyl/N-ethyl adjacent to an activating group) is 1. The van der Waals surface area contributed by atoms with Crippen molar-refractivity contribution in [1.82, 2.24) is 25.0 Å². The summed E-state index contributed by atoms with van der Waals surface area (Å²) in [5, 5.41) is 8.37. The van der Waals surface area contributed by atoms with Crippen LogP contribution in [0.25, 0.3) is 0 Å². The Morgan fingerprint density at radius 3 is 2.76 bits per heavy atom. The van der Waals surface area contributed by atoms with Crippen molar-refractivity contribution in [2.45, 2.75) is 64.1 Å². The summed E-state index contributed by atoms with van der Waals surface area (Å²) < 4.78 is 11.6. The monoisotopic (exact) mass is 345 g/mol. The smallest absolute Gasteiger partial charge is 0.230 e. The molecule has 1 aliphatic carbocycles. The highest BCUT2D eigenvalue weighted by Crippen LogP contribution is 2.39. The summed E-state index contributed by atoms with van der Waals surface area (Å²) >= 11 is 0. The molecule has 7 heteroatoms. The highest BCUT2D eigenvalue weighted by atomic mass is 16.4. The quantitative estimate of drug-likeness (QED) is 0.764. The van der Waals surface area contributed by atoms with E-state index in [-0.39, 0.29) is 0 Å². The van der Waals surface area contributed by atoms with E-state index in [0.717, 1.165) is 56.0 Å². The van der Waals surface area contributed by atoms with Gasteiger partial charge in [-0.25, -0.2) is 4.98 Å². The second-order valence-corrected chi connectivity index (χ2v) is 7.71. The van der Waals surface area contributed by atoms with Gasteiger partial charge in [-0.3, -0.25) is 9.80 Å². The van der Waals surface area contributed by atoms with Crippen molar-refractivity contribution in [2.24, 2.45) is 0 Å². The third kappa shape index (κ3) is 3.93. The largest absolute Gasteiger partial charge is 0.444 e. The summed E-state index contributed by atoms with van der Waals surface area (Å²) in [7, 11) is 2.14. The zero-order chi connectivity index (χ0) is 17.4. The summed E-state index contributed by atoms with van der Waals surface area (Å²) in [6.45, 7) is 7.80. The van der Waals surface area contributed by atoms with Crippen molar-refractivity contribution in [3.8, 4) is 0 Å². The molecule has 1 aliphatic heterocycles. The first-order valence-electron chi connectivity index (χ1n) is 9.28. The van der Waals surface area contributed by atoms with Crippen molar-refractivity contribution in [3.63, 3.8) is 0 Å². The first-order valence-corrected chi connectivity index (χ1v) is 9.28. The molecule has 2 fully saturated rings. The number of aromatic nitrogens is 3. The maximum absolute atomic E-state index is 5.83. The van der Waals surface area contributed by atoms with Crippen molar-refractivity contribution in [3.05, 3.63) is 29.6 Å². The van der Waals surface area contributed by atoms with Gasteiger partial charge >= 0.3 is 0 Å². The fraction of sp³-hybridized carbons (Fsp3) is 0.722. The minimum atomic E-state index is 0.378. The van der Waals surface area contributed by atoms with E-state index in [4.69, 9.17) is 8.83 Å². The SMILES string of the molecule is CC(C)c1cnc(CN(C)C2CCN(Cc3nnc(C4CC4)o3)C2)o1. The molecule has 1 unspecified atom stereocenters. The van der Waals surface area contributed by atoms with Crippen molar-refractivity contribution in [1.29, 1.82) is 0 Å². The van der Waals surface area contributed by atoms with E-state index in [0.29, 0.717) is 17.9 Å². The number of likely N-dealkylation sites (tertiary alicyclic amines) is 1. The van der Waals surface area contributed by atoms with Crippen molar-refractivity contribution < 1.29 is 8.83 Å². The van der Waals surface area contributed by atoms with Crippen LogP contribution in [-0.2, 0) is 13.1 Å². The van der Waals surface area contributed by atoms with Crippen LogP contribution in [-0.4, -0.2) is 51.2 Å². The fourth-order valence-electron chi connectivity index (χ4n) is 3.34. The van der Waals surface area contributed by atoms with E-state index in [1.165, 1.54) is 12.8 Å². The predicted octanol–water partition coefficient (Wildman–Crippen LogP) is 2.76. The van der Waals surface area contributed by atoms with Gasteiger partial charge in [0.05, 0.1) is 19.3 Å². The molecule has 3 heterocycles. The third-order valence-electron chi connectivity index (χ3n) is 5.16. The molecular weight excluding hydrogens is 318 g/mol. The van der Waals surface area contributed by atoms with Gasteiger partial charge in [-0.2, -0.15) is 0 Å². The zero-order valence-corrected chi connectivity index (χ0v) is 15.3. The minimum absolute atomic E-state index is 0.378. The number of hydrogen-bond acceptors (Lipinski definition) is 7. The summed E-state index contributed by atoms with van der Waals surface area (Å²) in [5.41, 5.74) is 0. The highest BCUT2D eigenvalue weighted by Gasteiger charge is 2.31. The maximum atomic E-state index is 5.83. The normalized spacial score (nSPS) is 21.7. The Labute approximate surface area is 148 Å². The lowest BCUT2D eigenvalue weighted by atomic mass is 10.2. The second kappa shape index (κ2) is 6.88. The fourth-order valence-corrected chi connectivity index (χ4v) is 3.34. The molecule has 2 aromatic rings. The number of oxazole rings is 1. The molecule has 0 radical (unpaired) electrons. The van der Waals surface area contributed by atoms with Crippen LogP contribution < -0.4 is 0 Å². The van der Waals surface area contributed by atoms with E-state index in [2.05, 4.69) is 45.9 Å². The molecule has 1 atom stereocenters. The molecule has 25 heavy (non-hydrogen) atoms. The highest BCUT2D eigenvalue weighted by molar-refractivity contribution is 5.01. The molecule has 4 rings (SSSR count). The Balaban J connectivity index is 1.28. The van der Waals surface area contributed by atoms with Crippen LogP contribution in [0.5, 0.6) is 0 Å². The number of nitrogens with zero attached hydrogens (tertiary/aromatic N) is 5. The molecule has 0 bridgehead atoms. The Morgan fingerprint density at radius 2 is 2.04 bits per heavy atom. The molecular formula is C18H27N5O2. The first-order chi connectivity index (χ1) is 12.1. The van der Waals surface area contributed by atoms with Crippen molar-refractivity contribution in [2.75, 3.05) is 20.1 Å². The molecule has 1 saturated heterocycles. The Kier molecular flexibility index (Phi) is 4.60. The molecule has 136 valence electrons. The second-order valence-electron chi connectivity index (χ2n) is 7.71. The Hall–Kier alpha value is -1.73. The van der Waals surface area contributed by atoms with E-state index in [9.17, 15) is 0 Å². The standard InChI is InChI=1S/C18H27N5O2/c1-12(2)15-8-19-16(24-15)10-22(3)14-6-7-23(9-14)11-17-20-21-18(25-17)13-4-5-13/h8,12-14H,4-7,9-11H2,1-3H3. The Morgan fingerprint density at radius 1 is 1.20 bits per heavy atom. The van der Waals surface area contributed by atoms with Crippen LogP contribution in [0, 0.1) is 0 Å². The van der Waals surface area contributed by atoms with Crippen molar-refractivity contribution >= 4 is 0 Å². The Bertz CT molecular complexity index is 706. The molecule has 7 nitrogen and oxygen atoms in total. The predicted molar refractivity (Wildman–Crippen MR) is 92.0 cm³/mol. The van der Waals surface area contributed by atoms with Gasteiger partial charge in [0.25, 0.3) is 0 Å². The number of rotatable bonds is 7. The van der Waals surface area contributed by atoms with E-state index in [1.54, 1.807) is 0 Å². The molecule has 2 aliphatic rings. The summed E-state index contributed by atoms with van der Waals surface area (Å²) in [5.74, 6) is 4.24. The van der Waals surface area contributed by atoms with E-state index < -0.39 is 0 Å². The maximum Gasteiger partial charge on any atom is 0.230 e. The molecule has 0 amide bonds. The van der Waals surface area contributed by atoms with Gasteiger partial charge in [0, 0.05) is 31.0 Å². The van der Waals surface area contributed by atoms with Gasteiger partial charge in [-0.15, -0.1) is 10.2 Å². The molecule has 1 saturated carbocycles.